The fourth-order valence-corrected chi connectivity index (χ4v) is 3.31. The highest BCUT2D eigenvalue weighted by molar-refractivity contribution is 7.11. The fourth-order valence-electron chi connectivity index (χ4n) is 2.68. The van der Waals surface area contributed by atoms with E-state index in [1.165, 1.54) is 11.3 Å². The Kier molecular flexibility index (Phi) is 3.09. The molecule has 0 saturated carbocycles. The van der Waals surface area contributed by atoms with E-state index >= 15 is 0 Å². The monoisotopic (exact) mass is 267 g/mol. The van der Waals surface area contributed by atoms with Crippen LogP contribution in [0.3, 0.4) is 0 Å². The highest BCUT2D eigenvalue weighted by atomic mass is 32.1. The number of carbonyl (C=O) groups is 1. The molecule has 2 fully saturated rings. The van der Waals surface area contributed by atoms with Crippen molar-refractivity contribution in [2.45, 2.75) is 18.4 Å². The standard InChI is InChI=1S/C12H17N3O2S/c16-7-11-14-10(8-18-11)15-3-1-12(17,2-4-15)9-5-13-6-9/h7-9,13,17H,1-6H2. The van der Waals surface area contributed by atoms with Gasteiger partial charge in [-0.1, -0.05) is 0 Å². The third kappa shape index (κ3) is 2.04. The maximum Gasteiger partial charge on any atom is 0.178 e. The Morgan fingerprint density at radius 3 is 2.72 bits per heavy atom. The number of hydrogen-bond donors (Lipinski definition) is 2. The molecule has 2 N–H and O–H groups in total. The molecule has 0 aromatic carbocycles. The molecule has 0 atom stereocenters. The molecule has 18 heavy (non-hydrogen) atoms. The summed E-state index contributed by atoms with van der Waals surface area (Å²) in [5.41, 5.74) is -0.509. The molecular weight excluding hydrogens is 250 g/mol. The minimum absolute atomic E-state index is 0.403. The van der Waals surface area contributed by atoms with E-state index in [9.17, 15) is 9.90 Å². The Balaban J connectivity index is 1.63. The number of anilines is 1. The van der Waals surface area contributed by atoms with Gasteiger partial charge in [0.15, 0.2) is 11.3 Å². The quantitative estimate of drug-likeness (QED) is 0.781. The molecule has 1 aromatic rings. The summed E-state index contributed by atoms with van der Waals surface area (Å²) >= 11 is 1.37. The van der Waals surface area contributed by atoms with E-state index in [2.05, 4.69) is 15.2 Å². The number of carbonyl (C=O) groups excluding carboxylic acids is 1. The number of nitrogens with one attached hydrogen (secondary N) is 1. The van der Waals surface area contributed by atoms with E-state index in [0.717, 1.165) is 51.1 Å². The molecule has 0 spiro atoms. The molecule has 3 rings (SSSR count). The first-order valence-electron chi connectivity index (χ1n) is 6.30. The summed E-state index contributed by atoms with van der Waals surface area (Å²) in [5, 5.41) is 16.2. The number of piperidine rings is 1. The zero-order valence-corrected chi connectivity index (χ0v) is 10.9. The lowest BCUT2D eigenvalue weighted by atomic mass is 9.76. The number of aromatic nitrogens is 1. The van der Waals surface area contributed by atoms with Gasteiger partial charge in [-0.25, -0.2) is 4.98 Å². The Hall–Kier alpha value is -0.980. The maximum atomic E-state index is 10.6. The number of thiazole rings is 1. The highest BCUT2D eigenvalue weighted by Gasteiger charge is 2.42. The van der Waals surface area contributed by atoms with Crippen LogP contribution >= 0.6 is 11.3 Å². The second kappa shape index (κ2) is 4.60. The Bertz CT molecular complexity index is 436. The van der Waals surface area contributed by atoms with Crippen molar-refractivity contribution in [1.29, 1.82) is 0 Å². The molecule has 2 saturated heterocycles. The second-order valence-electron chi connectivity index (χ2n) is 5.11. The van der Waals surface area contributed by atoms with Crippen molar-refractivity contribution >= 4 is 23.4 Å². The van der Waals surface area contributed by atoms with Crippen LogP contribution in [0.15, 0.2) is 5.38 Å². The Morgan fingerprint density at radius 2 is 2.22 bits per heavy atom. The fraction of sp³-hybridized carbons (Fsp3) is 0.667. The average Bonchev–Trinajstić information content (AvgIpc) is 2.76. The SMILES string of the molecule is O=Cc1nc(N2CCC(O)(C3CNC3)CC2)cs1. The van der Waals surface area contributed by atoms with Gasteiger partial charge in [0.25, 0.3) is 0 Å². The van der Waals surface area contributed by atoms with Crippen LogP contribution in [0.2, 0.25) is 0 Å². The first-order chi connectivity index (χ1) is 8.71. The second-order valence-corrected chi connectivity index (χ2v) is 6.00. The van der Waals surface area contributed by atoms with Crippen molar-refractivity contribution in [1.82, 2.24) is 10.3 Å². The molecule has 0 radical (unpaired) electrons. The molecule has 0 unspecified atom stereocenters. The van der Waals surface area contributed by atoms with Gasteiger partial charge in [0, 0.05) is 37.5 Å². The van der Waals surface area contributed by atoms with Crippen LogP contribution in [0.5, 0.6) is 0 Å². The molecule has 2 aliphatic heterocycles. The molecular formula is C12H17N3O2S. The van der Waals surface area contributed by atoms with Gasteiger partial charge in [-0.15, -0.1) is 11.3 Å². The number of aldehydes is 1. The predicted molar refractivity (Wildman–Crippen MR) is 70.3 cm³/mol. The minimum Gasteiger partial charge on any atom is -0.389 e. The molecule has 0 aliphatic carbocycles. The van der Waals surface area contributed by atoms with Gasteiger partial charge in [0.05, 0.1) is 5.60 Å². The Labute approximate surface area is 110 Å². The number of hydrogen-bond acceptors (Lipinski definition) is 6. The lowest BCUT2D eigenvalue weighted by Gasteiger charge is -2.46. The summed E-state index contributed by atoms with van der Waals surface area (Å²) < 4.78 is 0. The van der Waals surface area contributed by atoms with Crippen LogP contribution in [0, 0.1) is 5.92 Å². The van der Waals surface area contributed by atoms with Gasteiger partial charge in [0.2, 0.25) is 0 Å². The molecule has 3 heterocycles. The number of rotatable bonds is 3. The van der Waals surface area contributed by atoms with Crippen LogP contribution in [0.25, 0.3) is 0 Å². The van der Waals surface area contributed by atoms with E-state index in [1.807, 2.05) is 5.38 Å². The summed E-state index contributed by atoms with van der Waals surface area (Å²) in [4.78, 5) is 17.0. The summed E-state index contributed by atoms with van der Waals surface area (Å²) in [5.74, 6) is 1.27. The van der Waals surface area contributed by atoms with Gasteiger partial charge < -0.3 is 15.3 Å². The molecule has 5 nitrogen and oxygen atoms in total. The predicted octanol–water partition coefficient (Wildman–Crippen LogP) is 0.506. The number of nitrogens with zero attached hydrogens (tertiary/aromatic N) is 2. The smallest absolute Gasteiger partial charge is 0.178 e. The normalized spacial score (nSPS) is 23.7. The van der Waals surface area contributed by atoms with Crippen molar-refractivity contribution in [2.24, 2.45) is 5.92 Å². The Morgan fingerprint density at radius 1 is 1.50 bits per heavy atom. The molecule has 6 heteroatoms. The average molecular weight is 267 g/mol. The maximum absolute atomic E-state index is 10.6. The van der Waals surface area contributed by atoms with Gasteiger partial charge >= 0.3 is 0 Å². The number of aliphatic hydroxyl groups is 1. The molecule has 0 bridgehead atoms. The van der Waals surface area contributed by atoms with Crippen LogP contribution in [0.1, 0.15) is 22.6 Å². The van der Waals surface area contributed by atoms with Crippen LogP contribution < -0.4 is 10.2 Å². The van der Waals surface area contributed by atoms with E-state index in [4.69, 9.17) is 0 Å². The summed E-state index contributed by atoms with van der Waals surface area (Å²) in [6.45, 7) is 3.50. The van der Waals surface area contributed by atoms with Gasteiger partial charge in [-0.2, -0.15) is 0 Å². The van der Waals surface area contributed by atoms with Crippen molar-refractivity contribution < 1.29 is 9.90 Å². The molecule has 98 valence electrons. The molecule has 0 amide bonds. The van der Waals surface area contributed by atoms with Crippen LogP contribution in [-0.2, 0) is 0 Å². The minimum atomic E-state index is -0.509. The summed E-state index contributed by atoms with van der Waals surface area (Å²) in [6, 6.07) is 0. The van der Waals surface area contributed by atoms with Crippen LogP contribution in [0.4, 0.5) is 5.82 Å². The summed E-state index contributed by atoms with van der Waals surface area (Å²) in [7, 11) is 0. The zero-order chi connectivity index (χ0) is 12.6. The topological polar surface area (TPSA) is 65.5 Å². The van der Waals surface area contributed by atoms with Crippen molar-refractivity contribution in [2.75, 3.05) is 31.1 Å². The van der Waals surface area contributed by atoms with Crippen molar-refractivity contribution in [3.8, 4) is 0 Å². The third-order valence-corrected chi connectivity index (χ3v) is 4.86. The first-order valence-corrected chi connectivity index (χ1v) is 7.18. The van der Waals surface area contributed by atoms with E-state index in [1.54, 1.807) is 0 Å². The van der Waals surface area contributed by atoms with Crippen molar-refractivity contribution in [3.63, 3.8) is 0 Å². The van der Waals surface area contributed by atoms with Gasteiger partial charge in [-0.05, 0) is 12.8 Å². The van der Waals surface area contributed by atoms with E-state index in [-0.39, 0.29) is 0 Å². The van der Waals surface area contributed by atoms with Crippen molar-refractivity contribution in [3.05, 3.63) is 10.4 Å². The first kappa shape index (κ1) is 12.1. The third-order valence-electron chi connectivity index (χ3n) is 4.11. The van der Waals surface area contributed by atoms with E-state index < -0.39 is 5.60 Å². The van der Waals surface area contributed by atoms with Crippen LogP contribution in [-0.4, -0.2) is 48.2 Å². The molecule has 1 aromatic heterocycles. The largest absolute Gasteiger partial charge is 0.389 e. The van der Waals surface area contributed by atoms with Gasteiger partial charge in [0.1, 0.15) is 5.82 Å². The lowest BCUT2D eigenvalue weighted by molar-refractivity contribution is -0.0572. The lowest BCUT2D eigenvalue weighted by Crippen LogP contribution is -2.59. The summed E-state index contributed by atoms with van der Waals surface area (Å²) in [6.07, 6.45) is 2.36. The van der Waals surface area contributed by atoms with Gasteiger partial charge in [-0.3, -0.25) is 4.79 Å². The zero-order valence-electron chi connectivity index (χ0n) is 10.1. The molecule has 2 aliphatic rings. The highest BCUT2D eigenvalue weighted by Crippen LogP contribution is 2.33. The van der Waals surface area contributed by atoms with E-state index in [0.29, 0.717) is 10.9 Å².